The number of halogens is 1. The second kappa shape index (κ2) is 6.91. The van der Waals surface area contributed by atoms with Crippen LogP contribution in [0.1, 0.15) is 61.9 Å². The number of thiophene rings is 1. The number of aryl methyl sites for hydroxylation is 1. The molecule has 1 aromatic heterocycles. The van der Waals surface area contributed by atoms with Crippen molar-refractivity contribution in [3.8, 4) is 0 Å². The summed E-state index contributed by atoms with van der Waals surface area (Å²) in [6.07, 6.45) is 9.32. The van der Waals surface area contributed by atoms with Gasteiger partial charge in [0, 0.05) is 10.9 Å². The standard InChI is InChI=1S/C14H22BrNS/c1-2-3-4-5-9-16-12-7-6-8-13-11(12)10-14(15)17-13/h10,12,16H,2-9H2,1H3. The molecule has 1 aliphatic carbocycles. The van der Waals surface area contributed by atoms with Crippen LogP contribution in [0.3, 0.4) is 0 Å². The topological polar surface area (TPSA) is 12.0 Å². The first-order valence-electron chi connectivity index (χ1n) is 6.82. The van der Waals surface area contributed by atoms with Crippen molar-refractivity contribution in [2.45, 2.75) is 57.9 Å². The summed E-state index contributed by atoms with van der Waals surface area (Å²) < 4.78 is 1.29. The molecule has 0 fully saturated rings. The fourth-order valence-corrected chi connectivity index (χ4v) is 4.38. The average Bonchev–Trinajstić information content (AvgIpc) is 2.70. The Morgan fingerprint density at radius 1 is 1.41 bits per heavy atom. The number of unbranched alkanes of at least 4 members (excludes halogenated alkanes) is 3. The summed E-state index contributed by atoms with van der Waals surface area (Å²) in [4.78, 5) is 1.59. The Kier molecular flexibility index (Phi) is 5.51. The summed E-state index contributed by atoms with van der Waals surface area (Å²) in [7, 11) is 0. The predicted octanol–water partition coefficient (Wildman–Crippen LogP) is 5.06. The minimum Gasteiger partial charge on any atom is -0.310 e. The predicted molar refractivity (Wildman–Crippen MR) is 79.8 cm³/mol. The summed E-state index contributed by atoms with van der Waals surface area (Å²) >= 11 is 5.53. The lowest BCUT2D eigenvalue weighted by Crippen LogP contribution is -2.25. The van der Waals surface area contributed by atoms with E-state index in [0.29, 0.717) is 6.04 Å². The molecule has 1 aromatic rings. The van der Waals surface area contributed by atoms with Crippen molar-refractivity contribution in [3.05, 3.63) is 20.3 Å². The Balaban J connectivity index is 1.82. The molecule has 1 nitrogen and oxygen atoms in total. The molecule has 17 heavy (non-hydrogen) atoms. The molecule has 1 aliphatic rings. The molecule has 1 heterocycles. The fourth-order valence-electron chi connectivity index (χ4n) is 2.56. The van der Waals surface area contributed by atoms with Crippen LogP contribution in [0.2, 0.25) is 0 Å². The molecule has 0 spiro atoms. The molecule has 0 amide bonds. The highest BCUT2D eigenvalue weighted by Crippen LogP contribution is 2.37. The number of hydrogen-bond acceptors (Lipinski definition) is 2. The lowest BCUT2D eigenvalue weighted by atomic mass is 9.94. The first kappa shape index (κ1) is 13.6. The maximum Gasteiger partial charge on any atom is 0.0704 e. The summed E-state index contributed by atoms with van der Waals surface area (Å²) in [5.74, 6) is 0. The van der Waals surface area contributed by atoms with Crippen LogP contribution in [0.5, 0.6) is 0 Å². The molecule has 0 bridgehead atoms. The lowest BCUT2D eigenvalue weighted by Gasteiger charge is -2.23. The molecule has 0 aromatic carbocycles. The highest BCUT2D eigenvalue weighted by molar-refractivity contribution is 9.11. The van der Waals surface area contributed by atoms with Crippen LogP contribution < -0.4 is 5.32 Å². The summed E-state index contributed by atoms with van der Waals surface area (Å²) in [5.41, 5.74) is 1.56. The molecule has 0 saturated carbocycles. The van der Waals surface area contributed by atoms with Gasteiger partial charge in [0.25, 0.3) is 0 Å². The molecular weight excluding hydrogens is 294 g/mol. The largest absolute Gasteiger partial charge is 0.310 e. The van der Waals surface area contributed by atoms with Crippen LogP contribution in [-0.4, -0.2) is 6.54 Å². The fraction of sp³-hybridized carbons (Fsp3) is 0.714. The quantitative estimate of drug-likeness (QED) is 0.724. The van der Waals surface area contributed by atoms with E-state index in [9.17, 15) is 0 Å². The van der Waals surface area contributed by atoms with Crippen molar-refractivity contribution in [1.82, 2.24) is 5.32 Å². The molecule has 96 valence electrons. The Morgan fingerprint density at radius 3 is 3.12 bits per heavy atom. The molecular formula is C14H22BrNS. The van der Waals surface area contributed by atoms with Crippen molar-refractivity contribution in [1.29, 1.82) is 0 Å². The summed E-state index contributed by atoms with van der Waals surface area (Å²) in [5, 5.41) is 3.74. The summed E-state index contributed by atoms with van der Waals surface area (Å²) in [6, 6.07) is 2.94. The number of hydrogen-bond donors (Lipinski definition) is 1. The second-order valence-electron chi connectivity index (χ2n) is 4.89. The maximum absolute atomic E-state index is 3.74. The van der Waals surface area contributed by atoms with Gasteiger partial charge in [-0.1, -0.05) is 26.2 Å². The number of fused-ring (bicyclic) bond motifs is 1. The van der Waals surface area contributed by atoms with Gasteiger partial charge in [-0.25, -0.2) is 0 Å². The normalized spacial score (nSPS) is 19.3. The van der Waals surface area contributed by atoms with E-state index in [0.717, 1.165) is 0 Å². The van der Waals surface area contributed by atoms with Gasteiger partial charge in [0.15, 0.2) is 0 Å². The smallest absolute Gasteiger partial charge is 0.0704 e. The van der Waals surface area contributed by atoms with Gasteiger partial charge in [0.05, 0.1) is 3.79 Å². The Morgan fingerprint density at radius 2 is 2.29 bits per heavy atom. The highest BCUT2D eigenvalue weighted by Gasteiger charge is 2.21. The van der Waals surface area contributed by atoms with E-state index >= 15 is 0 Å². The summed E-state index contributed by atoms with van der Waals surface area (Å²) in [6.45, 7) is 3.45. The van der Waals surface area contributed by atoms with Crippen LogP contribution in [0, 0.1) is 0 Å². The van der Waals surface area contributed by atoms with Gasteiger partial charge in [0.2, 0.25) is 0 Å². The van der Waals surface area contributed by atoms with Gasteiger partial charge in [-0.05, 0) is 59.8 Å². The van der Waals surface area contributed by atoms with Gasteiger partial charge in [-0.2, -0.15) is 0 Å². The molecule has 2 rings (SSSR count). The zero-order valence-electron chi connectivity index (χ0n) is 10.6. The molecule has 0 aliphatic heterocycles. The van der Waals surface area contributed by atoms with E-state index in [1.54, 1.807) is 10.4 Å². The highest BCUT2D eigenvalue weighted by atomic mass is 79.9. The maximum atomic E-state index is 3.74. The Hall–Kier alpha value is 0.140. The molecule has 1 N–H and O–H groups in total. The van der Waals surface area contributed by atoms with Crippen LogP contribution in [-0.2, 0) is 6.42 Å². The number of nitrogens with one attached hydrogen (secondary N) is 1. The van der Waals surface area contributed by atoms with Gasteiger partial charge in [0.1, 0.15) is 0 Å². The zero-order chi connectivity index (χ0) is 12.1. The molecule has 0 saturated heterocycles. The first-order chi connectivity index (χ1) is 8.31. The van der Waals surface area contributed by atoms with Gasteiger partial charge >= 0.3 is 0 Å². The van der Waals surface area contributed by atoms with Crippen molar-refractivity contribution >= 4 is 27.3 Å². The van der Waals surface area contributed by atoms with Crippen molar-refractivity contribution in [2.24, 2.45) is 0 Å². The van der Waals surface area contributed by atoms with Crippen molar-refractivity contribution in [2.75, 3.05) is 6.54 Å². The third-order valence-corrected chi connectivity index (χ3v) is 5.22. The zero-order valence-corrected chi connectivity index (χ0v) is 13.0. The third kappa shape index (κ3) is 3.80. The van der Waals surface area contributed by atoms with E-state index in [4.69, 9.17) is 0 Å². The van der Waals surface area contributed by atoms with Crippen molar-refractivity contribution in [3.63, 3.8) is 0 Å². The first-order valence-corrected chi connectivity index (χ1v) is 8.43. The molecule has 1 atom stereocenters. The number of rotatable bonds is 6. The average molecular weight is 316 g/mol. The Labute approximate surface area is 117 Å². The van der Waals surface area contributed by atoms with E-state index in [1.807, 2.05) is 11.3 Å². The van der Waals surface area contributed by atoms with Gasteiger partial charge < -0.3 is 5.32 Å². The van der Waals surface area contributed by atoms with Crippen LogP contribution in [0.15, 0.2) is 9.85 Å². The second-order valence-corrected chi connectivity index (χ2v) is 7.40. The Bertz CT molecular complexity index is 348. The monoisotopic (exact) mass is 315 g/mol. The SMILES string of the molecule is CCCCCCNC1CCCc2sc(Br)cc21. The molecule has 1 unspecified atom stereocenters. The van der Waals surface area contributed by atoms with Crippen LogP contribution in [0.4, 0.5) is 0 Å². The molecule has 3 heteroatoms. The van der Waals surface area contributed by atoms with E-state index in [2.05, 4.69) is 34.2 Å². The van der Waals surface area contributed by atoms with E-state index < -0.39 is 0 Å². The molecule has 0 radical (unpaired) electrons. The minimum atomic E-state index is 0.614. The van der Waals surface area contributed by atoms with Gasteiger partial charge in [-0.3, -0.25) is 0 Å². The van der Waals surface area contributed by atoms with E-state index in [1.165, 1.54) is 55.3 Å². The lowest BCUT2D eigenvalue weighted by molar-refractivity contribution is 0.453. The van der Waals surface area contributed by atoms with Crippen molar-refractivity contribution < 1.29 is 0 Å². The van der Waals surface area contributed by atoms with Crippen LogP contribution in [0.25, 0.3) is 0 Å². The van der Waals surface area contributed by atoms with Gasteiger partial charge in [-0.15, -0.1) is 11.3 Å². The van der Waals surface area contributed by atoms with Crippen LogP contribution >= 0.6 is 27.3 Å². The minimum absolute atomic E-state index is 0.614. The van der Waals surface area contributed by atoms with E-state index in [-0.39, 0.29) is 0 Å². The third-order valence-electron chi connectivity index (χ3n) is 3.50.